The smallest absolute Gasteiger partial charge is 0.344 e. The third kappa shape index (κ3) is 4.16. The van der Waals surface area contributed by atoms with Crippen molar-refractivity contribution in [1.82, 2.24) is 10.2 Å². The van der Waals surface area contributed by atoms with Gasteiger partial charge in [0.15, 0.2) is 13.2 Å². The summed E-state index contributed by atoms with van der Waals surface area (Å²) < 4.78 is 22.4. The number of ether oxygens (including phenoxy) is 2. The Balaban J connectivity index is 1.71. The largest absolute Gasteiger partial charge is 0.482 e. The quantitative estimate of drug-likeness (QED) is 0.790. The molecule has 0 unspecified atom stereocenters. The fourth-order valence-electron chi connectivity index (χ4n) is 1.64. The zero-order valence-corrected chi connectivity index (χ0v) is 11.0. The maximum atomic E-state index is 12.7. The second-order valence-electron chi connectivity index (χ2n) is 4.18. The van der Waals surface area contributed by atoms with Crippen LogP contribution in [-0.4, -0.2) is 49.1 Å². The summed E-state index contributed by atoms with van der Waals surface area (Å²) >= 11 is 0. The Labute approximate surface area is 119 Å². The van der Waals surface area contributed by atoms with E-state index in [1.807, 2.05) is 0 Å². The van der Waals surface area contributed by atoms with Crippen molar-refractivity contribution < 1.29 is 28.2 Å². The Hall–Kier alpha value is -2.64. The first kappa shape index (κ1) is 14.8. The molecule has 21 heavy (non-hydrogen) atoms. The number of carbonyl (C=O) groups excluding carboxylic acids is 3. The van der Waals surface area contributed by atoms with Gasteiger partial charge in [-0.1, -0.05) is 0 Å². The number of nitrogens with zero attached hydrogens (tertiary/aromatic N) is 1. The number of benzene rings is 1. The lowest BCUT2D eigenvalue weighted by atomic mass is 10.3. The Morgan fingerprint density at radius 3 is 2.57 bits per heavy atom. The molecule has 0 bridgehead atoms. The van der Waals surface area contributed by atoms with Crippen LogP contribution in [0.1, 0.15) is 0 Å². The Morgan fingerprint density at radius 2 is 1.95 bits per heavy atom. The van der Waals surface area contributed by atoms with E-state index in [0.717, 1.165) is 4.90 Å². The molecule has 1 aliphatic rings. The van der Waals surface area contributed by atoms with Crippen LogP contribution in [0.3, 0.4) is 0 Å². The number of imide groups is 1. The minimum atomic E-state index is -0.757. The second kappa shape index (κ2) is 6.69. The number of nitrogens with one attached hydrogen (secondary N) is 1. The second-order valence-corrected chi connectivity index (χ2v) is 4.18. The standard InChI is InChI=1S/C13H13FN2O5/c14-9-1-3-10(4-2-9)20-8-12(18)21-7-11(17)16-6-5-15-13(16)19/h1-4H,5-8H2,(H,15,19). The molecule has 1 aliphatic heterocycles. The zero-order valence-electron chi connectivity index (χ0n) is 11.0. The molecule has 0 atom stereocenters. The number of amides is 3. The maximum Gasteiger partial charge on any atom is 0.344 e. The predicted molar refractivity (Wildman–Crippen MR) is 68.0 cm³/mol. The summed E-state index contributed by atoms with van der Waals surface area (Å²) in [5.74, 6) is -1.47. The van der Waals surface area contributed by atoms with Crippen LogP contribution in [0.15, 0.2) is 24.3 Å². The van der Waals surface area contributed by atoms with Gasteiger partial charge < -0.3 is 14.8 Å². The van der Waals surface area contributed by atoms with Gasteiger partial charge in [-0.05, 0) is 24.3 Å². The maximum absolute atomic E-state index is 12.7. The van der Waals surface area contributed by atoms with Crippen molar-refractivity contribution >= 4 is 17.9 Å². The van der Waals surface area contributed by atoms with E-state index in [0.29, 0.717) is 12.3 Å². The van der Waals surface area contributed by atoms with Crippen LogP contribution in [0.5, 0.6) is 5.75 Å². The highest BCUT2D eigenvalue weighted by Gasteiger charge is 2.26. The lowest BCUT2D eigenvalue weighted by molar-refractivity contribution is -0.152. The molecule has 1 fully saturated rings. The van der Waals surface area contributed by atoms with Crippen LogP contribution in [0.4, 0.5) is 9.18 Å². The van der Waals surface area contributed by atoms with Gasteiger partial charge in [0.05, 0.1) is 0 Å². The van der Waals surface area contributed by atoms with Crippen LogP contribution in [-0.2, 0) is 14.3 Å². The molecule has 112 valence electrons. The molecule has 1 saturated heterocycles. The first-order valence-electron chi connectivity index (χ1n) is 6.18. The lowest BCUT2D eigenvalue weighted by Gasteiger charge is -2.12. The number of carbonyl (C=O) groups is 3. The predicted octanol–water partition coefficient (Wildman–Crippen LogP) is 0.299. The third-order valence-electron chi connectivity index (χ3n) is 2.68. The molecule has 1 N–H and O–H groups in total. The van der Waals surface area contributed by atoms with Gasteiger partial charge >= 0.3 is 12.0 Å². The number of hydrogen-bond donors (Lipinski definition) is 1. The average molecular weight is 296 g/mol. The van der Waals surface area contributed by atoms with Crippen molar-refractivity contribution in [3.05, 3.63) is 30.1 Å². The molecular weight excluding hydrogens is 283 g/mol. The molecule has 3 amide bonds. The Morgan fingerprint density at radius 1 is 1.24 bits per heavy atom. The molecule has 0 spiro atoms. The van der Waals surface area contributed by atoms with E-state index in [1.165, 1.54) is 24.3 Å². The van der Waals surface area contributed by atoms with Crippen molar-refractivity contribution in [3.63, 3.8) is 0 Å². The fourth-order valence-corrected chi connectivity index (χ4v) is 1.64. The van der Waals surface area contributed by atoms with E-state index in [2.05, 4.69) is 5.32 Å². The van der Waals surface area contributed by atoms with Crippen molar-refractivity contribution in [2.24, 2.45) is 0 Å². The molecule has 0 aromatic heterocycles. The highest BCUT2D eigenvalue weighted by atomic mass is 19.1. The van der Waals surface area contributed by atoms with Gasteiger partial charge in [0.2, 0.25) is 0 Å². The third-order valence-corrected chi connectivity index (χ3v) is 2.68. The van der Waals surface area contributed by atoms with Crippen LogP contribution >= 0.6 is 0 Å². The first-order valence-corrected chi connectivity index (χ1v) is 6.18. The molecule has 1 aromatic rings. The molecule has 0 saturated carbocycles. The van der Waals surface area contributed by atoms with Gasteiger partial charge in [0, 0.05) is 13.1 Å². The normalized spacial score (nSPS) is 13.8. The summed E-state index contributed by atoms with van der Waals surface area (Å²) in [6, 6.07) is 4.61. The molecule has 7 nitrogen and oxygen atoms in total. The van der Waals surface area contributed by atoms with Crippen LogP contribution in [0, 0.1) is 5.82 Å². The molecule has 1 heterocycles. The zero-order chi connectivity index (χ0) is 15.2. The number of rotatable bonds is 5. The lowest BCUT2D eigenvalue weighted by Crippen LogP contribution is -2.37. The van der Waals surface area contributed by atoms with Gasteiger partial charge in [-0.2, -0.15) is 0 Å². The van der Waals surface area contributed by atoms with Crippen molar-refractivity contribution in [3.8, 4) is 5.75 Å². The van der Waals surface area contributed by atoms with E-state index in [1.54, 1.807) is 0 Å². The van der Waals surface area contributed by atoms with Gasteiger partial charge in [-0.3, -0.25) is 9.69 Å². The van der Waals surface area contributed by atoms with Gasteiger partial charge in [0.1, 0.15) is 11.6 Å². The monoisotopic (exact) mass is 296 g/mol. The summed E-state index contributed by atoms with van der Waals surface area (Å²) in [6.07, 6.45) is 0. The topological polar surface area (TPSA) is 84.9 Å². The van der Waals surface area contributed by atoms with E-state index < -0.39 is 36.9 Å². The highest BCUT2D eigenvalue weighted by molar-refractivity contribution is 5.96. The van der Waals surface area contributed by atoms with Crippen LogP contribution in [0.25, 0.3) is 0 Å². The van der Waals surface area contributed by atoms with E-state index in [4.69, 9.17) is 9.47 Å². The van der Waals surface area contributed by atoms with Crippen molar-refractivity contribution in [2.75, 3.05) is 26.3 Å². The number of halogens is 1. The molecule has 1 aromatic carbocycles. The summed E-state index contributed by atoms with van der Waals surface area (Å²) in [5, 5.41) is 2.46. The van der Waals surface area contributed by atoms with E-state index >= 15 is 0 Å². The molecule has 2 rings (SSSR count). The fraction of sp³-hybridized carbons (Fsp3) is 0.308. The van der Waals surface area contributed by atoms with Gasteiger partial charge in [-0.15, -0.1) is 0 Å². The van der Waals surface area contributed by atoms with E-state index in [9.17, 15) is 18.8 Å². The van der Waals surface area contributed by atoms with Gasteiger partial charge in [0.25, 0.3) is 5.91 Å². The van der Waals surface area contributed by atoms with Crippen molar-refractivity contribution in [2.45, 2.75) is 0 Å². The van der Waals surface area contributed by atoms with Crippen LogP contribution in [0.2, 0.25) is 0 Å². The molecule has 8 heteroatoms. The Bertz CT molecular complexity index is 546. The summed E-state index contributed by atoms with van der Waals surface area (Å²) in [5.41, 5.74) is 0. The first-order chi connectivity index (χ1) is 10.1. The summed E-state index contributed by atoms with van der Waals surface area (Å²) in [7, 11) is 0. The average Bonchev–Trinajstić information content (AvgIpc) is 2.90. The number of esters is 1. The number of urea groups is 1. The molecule has 0 radical (unpaired) electrons. The van der Waals surface area contributed by atoms with Crippen molar-refractivity contribution in [1.29, 1.82) is 0 Å². The minimum Gasteiger partial charge on any atom is -0.482 e. The summed E-state index contributed by atoms with van der Waals surface area (Å²) in [4.78, 5) is 35.1. The molecular formula is C13H13FN2O5. The number of hydrogen-bond acceptors (Lipinski definition) is 5. The SMILES string of the molecule is O=C(COc1ccc(F)cc1)OCC(=O)N1CCNC1=O. The van der Waals surface area contributed by atoms with E-state index in [-0.39, 0.29) is 6.54 Å². The van der Waals surface area contributed by atoms with Gasteiger partial charge in [-0.25, -0.2) is 14.0 Å². The minimum absolute atomic E-state index is 0.251. The molecule has 0 aliphatic carbocycles. The summed E-state index contributed by atoms with van der Waals surface area (Å²) in [6.45, 7) is -0.308. The highest BCUT2D eigenvalue weighted by Crippen LogP contribution is 2.10. The van der Waals surface area contributed by atoms with Crippen LogP contribution < -0.4 is 10.1 Å². The Kier molecular flexibility index (Phi) is 4.70.